The molecule has 20 heavy (non-hydrogen) atoms. The van der Waals surface area contributed by atoms with Crippen LogP contribution >= 0.6 is 0 Å². The van der Waals surface area contributed by atoms with Crippen LogP contribution in [0.15, 0.2) is 12.4 Å². The van der Waals surface area contributed by atoms with E-state index in [4.69, 9.17) is 15.2 Å². The van der Waals surface area contributed by atoms with Crippen LogP contribution in [0.5, 0.6) is 0 Å². The lowest BCUT2D eigenvalue weighted by atomic mass is 9.85. The maximum Gasteiger partial charge on any atom is 0.170 e. The summed E-state index contributed by atoms with van der Waals surface area (Å²) >= 11 is 0. The highest BCUT2D eigenvalue weighted by molar-refractivity contribution is 5.05. The van der Waals surface area contributed by atoms with Crippen LogP contribution in [-0.4, -0.2) is 52.8 Å². The summed E-state index contributed by atoms with van der Waals surface area (Å²) in [5.41, 5.74) is 7.52. The van der Waals surface area contributed by atoms with Crippen molar-refractivity contribution in [3.8, 4) is 0 Å². The van der Waals surface area contributed by atoms with Gasteiger partial charge in [0.25, 0.3) is 0 Å². The van der Waals surface area contributed by atoms with E-state index in [-0.39, 0.29) is 17.9 Å². The molecule has 1 saturated heterocycles. The Morgan fingerprint density at radius 1 is 1.50 bits per heavy atom. The molecule has 6 heteroatoms. The lowest BCUT2D eigenvalue weighted by molar-refractivity contribution is -0.191. The molecule has 2 fully saturated rings. The van der Waals surface area contributed by atoms with E-state index >= 15 is 0 Å². The van der Waals surface area contributed by atoms with Crippen LogP contribution in [0.1, 0.15) is 24.8 Å². The van der Waals surface area contributed by atoms with Crippen molar-refractivity contribution < 1.29 is 9.47 Å². The van der Waals surface area contributed by atoms with Crippen molar-refractivity contribution in [2.75, 3.05) is 20.3 Å². The van der Waals surface area contributed by atoms with Crippen LogP contribution in [0.4, 0.5) is 0 Å². The first-order chi connectivity index (χ1) is 9.58. The first-order valence-corrected chi connectivity index (χ1v) is 7.29. The van der Waals surface area contributed by atoms with Crippen LogP contribution in [-0.2, 0) is 23.1 Å². The minimum Gasteiger partial charge on any atom is -0.347 e. The van der Waals surface area contributed by atoms with Gasteiger partial charge >= 0.3 is 0 Å². The van der Waals surface area contributed by atoms with E-state index in [9.17, 15) is 0 Å². The highest BCUT2D eigenvalue weighted by Crippen LogP contribution is 2.37. The summed E-state index contributed by atoms with van der Waals surface area (Å²) in [5.74, 6) is -0.385. The SMILES string of the molecule is CN(Cc1cnn(C)c1)C1CC2(CCC1N)OCCO2. The van der Waals surface area contributed by atoms with E-state index in [0.717, 1.165) is 25.8 Å². The van der Waals surface area contributed by atoms with Gasteiger partial charge in [0.05, 0.1) is 19.4 Å². The monoisotopic (exact) mass is 280 g/mol. The smallest absolute Gasteiger partial charge is 0.170 e. The van der Waals surface area contributed by atoms with E-state index in [1.54, 1.807) is 0 Å². The Balaban J connectivity index is 1.67. The molecule has 1 aromatic rings. The lowest BCUT2D eigenvalue weighted by Gasteiger charge is -2.43. The Labute approximate surface area is 119 Å². The molecule has 1 aliphatic heterocycles. The summed E-state index contributed by atoms with van der Waals surface area (Å²) in [6.07, 6.45) is 6.66. The van der Waals surface area contributed by atoms with Gasteiger partial charge in [0.15, 0.2) is 5.79 Å². The van der Waals surface area contributed by atoms with Gasteiger partial charge in [-0.25, -0.2) is 0 Å². The minimum absolute atomic E-state index is 0.176. The quantitative estimate of drug-likeness (QED) is 0.872. The minimum atomic E-state index is -0.385. The van der Waals surface area contributed by atoms with Gasteiger partial charge in [0.2, 0.25) is 0 Å². The summed E-state index contributed by atoms with van der Waals surface area (Å²) < 4.78 is 13.5. The Kier molecular flexibility index (Phi) is 3.81. The van der Waals surface area contributed by atoms with E-state index in [1.807, 2.05) is 24.1 Å². The van der Waals surface area contributed by atoms with Crippen LogP contribution < -0.4 is 5.73 Å². The average molecular weight is 280 g/mol. The number of nitrogens with two attached hydrogens (primary N) is 1. The second-order valence-electron chi connectivity index (χ2n) is 6.02. The van der Waals surface area contributed by atoms with Gasteiger partial charge < -0.3 is 15.2 Å². The first-order valence-electron chi connectivity index (χ1n) is 7.29. The molecule has 1 aromatic heterocycles. The third-order valence-corrected chi connectivity index (χ3v) is 4.44. The molecule has 0 bridgehead atoms. The fourth-order valence-electron chi connectivity index (χ4n) is 3.35. The van der Waals surface area contributed by atoms with Crippen molar-refractivity contribution in [1.29, 1.82) is 0 Å². The molecule has 3 rings (SSSR count). The van der Waals surface area contributed by atoms with Crippen LogP contribution in [0.2, 0.25) is 0 Å². The fraction of sp³-hybridized carbons (Fsp3) is 0.786. The molecule has 0 amide bonds. The third-order valence-electron chi connectivity index (χ3n) is 4.44. The van der Waals surface area contributed by atoms with Crippen LogP contribution in [0.3, 0.4) is 0 Å². The molecule has 0 aromatic carbocycles. The summed E-state index contributed by atoms with van der Waals surface area (Å²) in [4.78, 5) is 2.30. The summed E-state index contributed by atoms with van der Waals surface area (Å²) in [6, 6.07) is 0.456. The Bertz CT molecular complexity index is 456. The zero-order valence-electron chi connectivity index (χ0n) is 12.3. The number of hydrogen-bond donors (Lipinski definition) is 1. The maximum absolute atomic E-state index is 6.32. The van der Waals surface area contributed by atoms with Gasteiger partial charge in [0, 0.05) is 50.3 Å². The predicted molar refractivity (Wildman–Crippen MR) is 74.9 cm³/mol. The number of ether oxygens (including phenoxy) is 2. The maximum atomic E-state index is 6.32. The van der Waals surface area contributed by atoms with Crippen molar-refractivity contribution >= 4 is 0 Å². The van der Waals surface area contributed by atoms with Crippen molar-refractivity contribution in [2.24, 2.45) is 12.8 Å². The van der Waals surface area contributed by atoms with E-state index < -0.39 is 0 Å². The van der Waals surface area contributed by atoms with Crippen molar-refractivity contribution in [3.05, 3.63) is 18.0 Å². The first kappa shape index (κ1) is 14.0. The number of hydrogen-bond acceptors (Lipinski definition) is 5. The normalized spacial score (nSPS) is 29.4. The third kappa shape index (κ3) is 2.74. The van der Waals surface area contributed by atoms with Crippen LogP contribution in [0.25, 0.3) is 0 Å². The van der Waals surface area contributed by atoms with E-state index in [2.05, 4.69) is 17.0 Å². The predicted octanol–water partition coefficient (Wildman–Crippen LogP) is 0.475. The highest BCUT2D eigenvalue weighted by atomic mass is 16.7. The second kappa shape index (κ2) is 5.44. The topological polar surface area (TPSA) is 65.5 Å². The molecule has 2 N–H and O–H groups in total. The number of aryl methyl sites for hydroxylation is 1. The molecular formula is C14H24N4O2. The summed E-state index contributed by atoms with van der Waals surface area (Å²) in [6.45, 7) is 2.25. The van der Waals surface area contributed by atoms with Gasteiger partial charge in [-0.15, -0.1) is 0 Å². The van der Waals surface area contributed by atoms with Gasteiger partial charge in [-0.05, 0) is 13.5 Å². The molecule has 6 nitrogen and oxygen atoms in total. The van der Waals surface area contributed by atoms with Crippen LogP contribution in [0, 0.1) is 0 Å². The average Bonchev–Trinajstić information content (AvgIpc) is 3.03. The summed E-state index contributed by atoms with van der Waals surface area (Å²) in [5, 5.41) is 4.21. The van der Waals surface area contributed by atoms with Crippen molar-refractivity contribution in [2.45, 2.75) is 43.7 Å². The number of aromatic nitrogens is 2. The summed E-state index contributed by atoms with van der Waals surface area (Å²) in [7, 11) is 4.05. The van der Waals surface area contributed by atoms with Crippen molar-refractivity contribution in [1.82, 2.24) is 14.7 Å². The number of likely N-dealkylation sites (N-methyl/N-ethyl adjacent to an activating group) is 1. The van der Waals surface area contributed by atoms with E-state index in [1.165, 1.54) is 5.56 Å². The van der Waals surface area contributed by atoms with Crippen molar-refractivity contribution in [3.63, 3.8) is 0 Å². The molecule has 2 atom stereocenters. The Hall–Kier alpha value is -0.950. The van der Waals surface area contributed by atoms with E-state index in [0.29, 0.717) is 13.2 Å². The molecule has 1 aliphatic carbocycles. The molecule has 1 spiro atoms. The standard InChI is InChI=1S/C14H24N4O2/c1-17(9-11-8-16-18(2)10-11)13-7-14(4-3-12(13)15)19-5-6-20-14/h8,10,12-13H,3-7,9,15H2,1-2H3. The lowest BCUT2D eigenvalue weighted by Crippen LogP contribution is -2.55. The zero-order valence-corrected chi connectivity index (χ0v) is 12.3. The second-order valence-corrected chi connectivity index (χ2v) is 6.02. The molecule has 2 heterocycles. The van der Waals surface area contributed by atoms with Gasteiger partial charge in [-0.1, -0.05) is 0 Å². The zero-order chi connectivity index (χ0) is 14.2. The number of nitrogens with zero attached hydrogens (tertiary/aromatic N) is 3. The van der Waals surface area contributed by atoms with Gasteiger partial charge in [0.1, 0.15) is 0 Å². The molecule has 112 valence electrons. The molecule has 2 unspecified atom stereocenters. The molecular weight excluding hydrogens is 256 g/mol. The fourth-order valence-corrected chi connectivity index (χ4v) is 3.35. The van der Waals surface area contributed by atoms with Gasteiger partial charge in [-0.3, -0.25) is 9.58 Å². The highest BCUT2D eigenvalue weighted by Gasteiger charge is 2.45. The number of rotatable bonds is 3. The Morgan fingerprint density at radius 3 is 2.90 bits per heavy atom. The molecule has 1 saturated carbocycles. The van der Waals surface area contributed by atoms with Gasteiger partial charge in [-0.2, -0.15) is 5.10 Å². The largest absolute Gasteiger partial charge is 0.347 e. The molecule has 2 aliphatic rings. The Morgan fingerprint density at radius 2 is 2.25 bits per heavy atom. The molecule has 0 radical (unpaired) electrons.